The lowest BCUT2D eigenvalue weighted by Gasteiger charge is -2.17. The molecule has 1 heterocycles. The second-order valence-corrected chi connectivity index (χ2v) is 5.13. The van der Waals surface area contributed by atoms with Crippen molar-refractivity contribution in [3.63, 3.8) is 0 Å². The average molecular weight is 258 g/mol. The summed E-state index contributed by atoms with van der Waals surface area (Å²) in [6.45, 7) is 2.18. The van der Waals surface area contributed by atoms with Crippen molar-refractivity contribution >= 4 is 15.9 Å². The number of nitrogens with zero attached hydrogens (tertiary/aromatic N) is 1. The van der Waals surface area contributed by atoms with E-state index in [2.05, 4.69) is 27.8 Å². The van der Waals surface area contributed by atoms with Gasteiger partial charge in [0.25, 0.3) is 0 Å². The van der Waals surface area contributed by atoms with Gasteiger partial charge in [-0.25, -0.2) is 4.39 Å². The first-order valence-electron chi connectivity index (χ1n) is 4.93. The number of pyridine rings is 1. The van der Waals surface area contributed by atoms with Crippen molar-refractivity contribution in [3.8, 4) is 0 Å². The summed E-state index contributed by atoms with van der Waals surface area (Å²) in [5, 5.41) is 0. The molecule has 1 nitrogen and oxygen atoms in total. The predicted octanol–water partition coefficient (Wildman–Crippen LogP) is 3.50. The van der Waals surface area contributed by atoms with Crippen LogP contribution in [0.3, 0.4) is 0 Å². The fourth-order valence-electron chi connectivity index (χ4n) is 2.24. The van der Waals surface area contributed by atoms with Crippen molar-refractivity contribution in [1.82, 2.24) is 4.98 Å². The average Bonchev–Trinajstić information content (AvgIpc) is 2.49. The molecule has 76 valence electrons. The lowest BCUT2D eigenvalue weighted by atomic mass is 9.91. The Bertz CT molecular complexity index is 329. The number of aromatic nitrogens is 1. The van der Waals surface area contributed by atoms with E-state index in [-0.39, 0.29) is 5.82 Å². The summed E-state index contributed by atoms with van der Waals surface area (Å²) in [7, 11) is 0. The highest BCUT2D eigenvalue weighted by Gasteiger charge is 2.33. The molecule has 1 fully saturated rings. The molecular formula is C11H13BrFN. The molecule has 0 N–H and O–H groups in total. The molecule has 14 heavy (non-hydrogen) atoms. The van der Waals surface area contributed by atoms with Gasteiger partial charge in [-0.05, 0) is 36.3 Å². The summed E-state index contributed by atoms with van der Waals surface area (Å²) in [6.07, 6.45) is 5.18. The third kappa shape index (κ3) is 1.70. The Morgan fingerprint density at radius 1 is 1.50 bits per heavy atom. The first-order chi connectivity index (χ1) is 6.70. The zero-order valence-corrected chi connectivity index (χ0v) is 9.67. The third-order valence-electron chi connectivity index (χ3n) is 3.16. The van der Waals surface area contributed by atoms with E-state index in [1.165, 1.54) is 6.20 Å². The van der Waals surface area contributed by atoms with Crippen LogP contribution in [0.25, 0.3) is 0 Å². The Labute approximate surface area is 91.9 Å². The molecule has 1 aromatic heterocycles. The topological polar surface area (TPSA) is 12.9 Å². The number of hydrogen-bond donors (Lipinski definition) is 0. The largest absolute Gasteiger partial charge is 0.262 e. The minimum absolute atomic E-state index is 0.161. The van der Waals surface area contributed by atoms with Crippen LogP contribution in [-0.2, 0) is 0 Å². The minimum Gasteiger partial charge on any atom is -0.262 e. The molecule has 3 atom stereocenters. The molecule has 0 aromatic carbocycles. The van der Waals surface area contributed by atoms with Gasteiger partial charge in [0, 0.05) is 11.0 Å². The summed E-state index contributed by atoms with van der Waals surface area (Å²) in [5.74, 6) is 0.695. The van der Waals surface area contributed by atoms with Gasteiger partial charge in [0.05, 0.1) is 6.20 Å². The minimum atomic E-state index is -0.161. The second-order valence-electron chi connectivity index (χ2n) is 3.96. The lowest BCUT2D eigenvalue weighted by Crippen LogP contribution is -2.10. The van der Waals surface area contributed by atoms with E-state index in [0.717, 1.165) is 18.4 Å². The molecule has 0 aliphatic heterocycles. The van der Waals surface area contributed by atoms with Gasteiger partial charge < -0.3 is 0 Å². The Morgan fingerprint density at radius 2 is 2.29 bits per heavy atom. The van der Waals surface area contributed by atoms with Gasteiger partial charge in [0.1, 0.15) is 5.82 Å². The SMILES string of the molecule is CC1C(Br)CCC1c1ccncc1F. The molecule has 0 spiro atoms. The summed E-state index contributed by atoms with van der Waals surface area (Å²) < 4.78 is 13.5. The third-order valence-corrected chi connectivity index (χ3v) is 4.45. The van der Waals surface area contributed by atoms with Crippen LogP contribution in [0.15, 0.2) is 18.5 Å². The Hall–Kier alpha value is -0.440. The Morgan fingerprint density at radius 3 is 2.86 bits per heavy atom. The fourth-order valence-corrected chi connectivity index (χ4v) is 2.87. The molecule has 3 heteroatoms. The van der Waals surface area contributed by atoms with Crippen LogP contribution in [0.1, 0.15) is 31.2 Å². The first-order valence-corrected chi connectivity index (χ1v) is 5.85. The number of halogens is 2. The maximum absolute atomic E-state index is 13.5. The lowest BCUT2D eigenvalue weighted by molar-refractivity contribution is 0.506. The van der Waals surface area contributed by atoms with E-state index in [9.17, 15) is 4.39 Å². The number of alkyl halides is 1. The van der Waals surface area contributed by atoms with Gasteiger partial charge >= 0.3 is 0 Å². The van der Waals surface area contributed by atoms with Crippen LogP contribution >= 0.6 is 15.9 Å². The van der Waals surface area contributed by atoms with E-state index in [1.807, 2.05) is 6.07 Å². The van der Waals surface area contributed by atoms with Crippen LogP contribution < -0.4 is 0 Å². The smallest absolute Gasteiger partial charge is 0.144 e. The van der Waals surface area contributed by atoms with Crippen LogP contribution in [0, 0.1) is 11.7 Å². The highest BCUT2D eigenvalue weighted by molar-refractivity contribution is 9.09. The van der Waals surface area contributed by atoms with E-state index in [4.69, 9.17) is 0 Å². The van der Waals surface area contributed by atoms with Crippen molar-refractivity contribution in [2.24, 2.45) is 5.92 Å². The van der Waals surface area contributed by atoms with Crippen LogP contribution in [0.5, 0.6) is 0 Å². The van der Waals surface area contributed by atoms with Crippen molar-refractivity contribution in [1.29, 1.82) is 0 Å². The number of rotatable bonds is 1. The molecule has 1 aromatic rings. The van der Waals surface area contributed by atoms with E-state index < -0.39 is 0 Å². The van der Waals surface area contributed by atoms with Gasteiger partial charge in [-0.2, -0.15) is 0 Å². The molecule has 1 aliphatic carbocycles. The zero-order chi connectivity index (χ0) is 10.1. The maximum Gasteiger partial charge on any atom is 0.144 e. The normalized spacial score (nSPS) is 32.1. The molecule has 0 amide bonds. The monoisotopic (exact) mass is 257 g/mol. The van der Waals surface area contributed by atoms with Gasteiger partial charge in [0.2, 0.25) is 0 Å². The zero-order valence-electron chi connectivity index (χ0n) is 8.08. The fraction of sp³-hybridized carbons (Fsp3) is 0.545. The van der Waals surface area contributed by atoms with E-state index >= 15 is 0 Å². The predicted molar refractivity (Wildman–Crippen MR) is 58.0 cm³/mol. The number of hydrogen-bond acceptors (Lipinski definition) is 1. The second kappa shape index (κ2) is 3.97. The molecule has 3 unspecified atom stereocenters. The summed E-state index contributed by atoms with van der Waals surface area (Å²) in [6, 6.07) is 1.81. The molecule has 0 bridgehead atoms. The molecule has 1 aliphatic rings. The molecular weight excluding hydrogens is 245 g/mol. The van der Waals surface area contributed by atoms with Gasteiger partial charge in [-0.3, -0.25) is 4.98 Å². The highest BCUT2D eigenvalue weighted by atomic mass is 79.9. The van der Waals surface area contributed by atoms with E-state index in [0.29, 0.717) is 16.7 Å². The van der Waals surface area contributed by atoms with Crippen LogP contribution in [0.2, 0.25) is 0 Å². The van der Waals surface area contributed by atoms with Gasteiger partial charge in [-0.1, -0.05) is 22.9 Å². The maximum atomic E-state index is 13.5. The van der Waals surface area contributed by atoms with Crippen molar-refractivity contribution in [3.05, 3.63) is 29.8 Å². The molecule has 2 rings (SSSR count). The summed E-state index contributed by atoms with van der Waals surface area (Å²) in [4.78, 5) is 4.30. The first kappa shape index (κ1) is 10.1. The summed E-state index contributed by atoms with van der Waals surface area (Å²) >= 11 is 3.63. The van der Waals surface area contributed by atoms with Crippen molar-refractivity contribution < 1.29 is 4.39 Å². The quantitative estimate of drug-likeness (QED) is 0.702. The Balaban J connectivity index is 2.28. The Kier molecular flexibility index (Phi) is 2.86. The molecule has 0 radical (unpaired) electrons. The summed E-state index contributed by atoms with van der Waals surface area (Å²) in [5.41, 5.74) is 0.828. The van der Waals surface area contributed by atoms with Crippen molar-refractivity contribution in [2.75, 3.05) is 0 Å². The van der Waals surface area contributed by atoms with Gasteiger partial charge in [-0.15, -0.1) is 0 Å². The van der Waals surface area contributed by atoms with Crippen molar-refractivity contribution in [2.45, 2.75) is 30.5 Å². The van der Waals surface area contributed by atoms with E-state index in [1.54, 1.807) is 6.20 Å². The van der Waals surface area contributed by atoms with Crippen LogP contribution in [-0.4, -0.2) is 9.81 Å². The van der Waals surface area contributed by atoms with Gasteiger partial charge in [0.15, 0.2) is 0 Å². The standard InChI is InChI=1S/C11H13BrFN/c1-7-8(2-3-10(7)12)9-4-5-14-6-11(9)13/h4-8,10H,2-3H2,1H3. The highest BCUT2D eigenvalue weighted by Crippen LogP contribution is 2.43. The van der Waals surface area contributed by atoms with Crippen LogP contribution in [0.4, 0.5) is 4.39 Å². The molecule has 0 saturated heterocycles. The molecule has 1 saturated carbocycles.